The Bertz CT molecular complexity index is 791. The number of carbonyl (C=O) groups is 2. The van der Waals surface area contributed by atoms with Crippen molar-refractivity contribution in [2.75, 3.05) is 18.7 Å². The summed E-state index contributed by atoms with van der Waals surface area (Å²) in [6.07, 6.45) is -0.769. The van der Waals surface area contributed by atoms with Crippen LogP contribution in [0.4, 0.5) is 15.3 Å². The lowest BCUT2D eigenvalue weighted by atomic mass is 10.2. The Morgan fingerprint density at radius 3 is 2.62 bits per heavy atom. The van der Waals surface area contributed by atoms with E-state index in [0.717, 1.165) is 5.56 Å². The molecule has 0 aliphatic carbocycles. The summed E-state index contributed by atoms with van der Waals surface area (Å²) >= 11 is 0. The fourth-order valence-corrected chi connectivity index (χ4v) is 2.26. The molecule has 2 amide bonds. The van der Waals surface area contributed by atoms with Gasteiger partial charge < -0.3 is 29.6 Å². The standard InChI is InChI=1S/C18H18N2O6/c1-2-23-18(22)26-14-6-4-13(5-7-14)20-17(21)19-10-12-3-8-15-16(9-12)25-11-24-15/h3-9H,2,10-11H2,1H3,(H2,19,20,21). The van der Waals surface area contributed by atoms with Crippen LogP contribution in [-0.2, 0) is 11.3 Å². The maximum absolute atomic E-state index is 12.0. The van der Waals surface area contributed by atoms with Crippen molar-refractivity contribution >= 4 is 17.9 Å². The highest BCUT2D eigenvalue weighted by molar-refractivity contribution is 5.89. The molecule has 3 rings (SSSR count). The topological polar surface area (TPSA) is 95.1 Å². The number of nitrogens with one attached hydrogen (secondary N) is 2. The van der Waals surface area contributed by atoms with E-state index in [2.05, 4.69) is 15.4 Å². The minimum Gasteiger partial charge on any atom is -0.454 e. The summed E-state index contributed by atoms with van der Waals surface area (Å²) in [6.45, 7) is 2.48. The highest BCUT2D eigenvalue weighted by Crippen LogP contribution is 2.32. The number of urea groups is 1. The van der Waals surface area contributed by atoms with Crippen LogP contribution in [0.2, 0.25) is 0 Å². The van der Waals surface area contributed by atoms with Crippen molar-refractivity contribution < 1.29 is 28.5 Å². The Morgan fingerprint density at radius 1 is 1.08 bits per heavy atom. The van der Waals surface area contributed by atoms with Gasteiger partial charge in [-0.2, -0.15) is 0 Å². The van der Waals surface area contributed by atoms with E-state index in [9.17, 15) is 9.59 Å². The molecule has 2 N–H and O–H groups in total. The summed E-state index contributed by atoms with van der Waals surface area (Å²) in [5, 5.41) is 5.44. The van der Waals surface area contributed by atoms with E-state index in [1.54, 1.807) is 37.3 Å². The fourth-order valence-electron chi connectivity index (χ4n) is 2.26. The molecule has 1 aliphatic rings. The van der Waals surface area contributed by atoms with Crippen LogP contribution in [0.5, 0.6) is 17.2 Å². The smallest absolute Gasteiger partial charge is 0.454 e. The van der Waals surface area contributed by atoms with Crippen molar-refractivity contribution in [3.05, 3.63) is 48.0 Å². The summed E-state index contributed by atoms with van der Waals surface area (Å²) in [5.41, 5.74) is 1.45. The quantitative estimate of drug-likeness (QED) is 0.629. The zero-order valence-electron chi connectivity index (χ0n) is 14.1. The third-order valence-corrected chi connectivity index (χ3v) is 3.47. The van der Waals surface area contributed by atoms with Crippen molar-refractivity contribution in [1.29, 1.82) is 0 Å². The maximum atomic E-state index is 12.0. The molecule has 0 radical (unpaired) electrons. The first kappa shape index (κ1) is 17.4. The molecule has 0 fully saturated rings. The van der Waals surface area contributed by atoms with Gasteiger partial charge in [-0.15, -0.1) is 0 Å². The third kappa shape index (κ3) is 4.56. The summed E-state index contributed by atoms with van der Waals surface area (Å²) in [5.74, 6) is 1.69. The Hall–Kier alpha value is -3.42. The van der Waals surface area contributed by atoms with E-state index in [1.807, 2.05) is 12.1 Å². The molecule has 0 bridgehead atoms. The van der Waals surface area contributed by atoms with Gasteiger partial charge in [-0.3, -0.25) is 0 Å². The van der Waals surface area contributed by atoms with Gasteiger partial charge in [0.25, 0.3) is 0 Å². The maximum Gasteiger partial charge on any atom is 0.513 e. The largest absolute Gasteiger partial charge is 0.513 e. The SMILES string of the molecule is CCOC(=O)Oc1ccc(NC(=O)NCc2ccc3c(c2)OCO3)cc1. The number of ether oxygens (including phenoxy) is 4. The first-order valence-electron chi connectivity index (χ1n) is 8.02. The minimum absolute atomic E-state index is 0.211. The van der Waals surface area contributed by atoms with Crippen molar-refractivity contribution in [2.24, 2.45) is 0 Å². The number of hydrogen-bond acceptors (Lipinski definition) is 6. The number of hydrogen-bond donors (Lipinski definition) is 2. The zero-order valence-corrected chi connectivity index (χ0v) is 14.1. The Kier molecular flexibility index (Phi) is 5.43. The predicted octanol–water partition coefficient (Wildman–Crippen LogP) is 3.27. The second-order valence-electron chi connectivity index (χ2n) is 5.30. The van der Waals surface area contributed by atoms with Crippen LogP contribution in [0.15, 0.2) is 42.5 Å². The lowest BCUT2D eigenvalue weighted by Gasteiger charge is -2.09. The Morgan fingerprint density at radius 2 is 1.85 bits per heavy atom. The van der Waals surface area contributed by atoms with Gasteiger partial charge >= 0.3 is 12.2 Å². The van der Waals surface area contributed by atoms with E-state index in [4.69, 9.17) is 14.2 Å². The van der Waals surface area contributed by atoms with Crippen LogP contribution >= 0.6 is 0 Å². The van der Waals surface area contributed by atoms with Gasteiger partial charge in [-0.05, 0) is 48.9 Å². The van der Waals surface area contributed by atoms with Gasteiger partial charge in [0.1, 0.15) is 5.75 Å². The molecule has 0 atom stereocenters. The monoisotopic (exact) mass is 358 g/mol. The molecule has 2 aromatic carbocycles. The van der Waals surface area contributed by atoms with Crippen LogP contribution in [0.1, 0.15) is 12.5 Å². The molecular weight excluding hydrogens is 340 g/mol. The number of benzene rings is 2. The first-order valence-corrected chi connectivity index (χ1v) is 8.02. The molecule has 0 saturated heterocycles. The average Bonchev–Trinajstić information content (AvgIpc) is 3.09. The molecule has 1 aliphatic heterocycles. The van der Waals surface area contributed by atoms with Gasteiger partial charge in [0, 0.05) is 12.2 Å². The summed E-state index contributed by atoms with van der Waals surface area (Å²) in [4.78, 5) is 23.2. The summed E-state index contributed by atoms with van der Waals surface area (Å²) < 4.78 is 20.2. The normalized spacial score (nSPS) is 11.6. The van der Waals surface area contributed by atoms with Gasteiger partial charge in [0.2, 0.25) is 6.79 Å². The highest BCUT2D eigenvalue weighted by Gasteiger charge is 2.13. The van der Waals surface area contributed by atoms with Crippen molar-refractivity contribution in [1.82, 2.24) is 5.32 Å². The average molecular weight is 358 g/mol. The molecule has 136 valence electrons. The highest BCUT2D eigenvalue weighted by atomic mass is 16.7. The van der Waals surface area contributed by atoms with Crippen LogP contribution in [-0.4, -0.2) is 25.6 Å². The van der Waals surface area contributed by atoms with Crippen molar-refractivity contribution in [2.45, 2.75) is 13.5 Å². The third-order valence-electron chi connectivity index (χ3n) is 3.47. The molecule has 1 heterocycles. The lowest BCUT2D eigenvalue weighted by molar-refractivity contribution is 0.104. The molecule has 8 heteroatoms. The minimum atomic E-state index is -0.769. The summed E-state index contributed by atoms with van der Waals surface area (Å²) in [7, 11) is 0. The molecule has 26 heavy (non-hydrogen) atoms. The molecule has 0 saturated carbocycles. The number of fused-ring (bicyclic) bond motifs is 1. The van der Waals surface area contributed by atoms with Crippen LogP contribution in [0.25, 0.3) is 0 Å². The number of amides is 2. The van der Waals surface area contributed by atoms with E-state index in [-0.39, 0.29) is 19.4 Å². The van der Waals surface area contributed by atoms with Crippen LogP contribution < -0.4 is 24.8 Å². The second kappa shape index (κ2) is 8.11. The van der Waals surface area contributed by atoms with Gasteiger partial charge in [-0.1, -0.05) is 6.07 Å². The van der Waals surface area contributed by atoms with Gasteiger partial charge in [0.05, 0.1) is 6.61 Å². The van der Waals surface area contributed by atoms with Gasteiger partial charge in [-0.25, -0.2) is 9.59 Å². The molecule has 2 aromatic rings. The molecule has 8 nitrogen and oxygen atoms in total. The lowest BCUT2D eigenvalue weighted by Crippen LogP contribution is -2.28. The van der Waals surface area contributed by atoms with E-state index in [1.165, 1.54) is 0 Å². The Labute approximate surface area is 150 Å². The summed E-state index contributed by atoms with van der Waals surface area (Å²) in [6, 6.07) is 11.5. The van der Waals surface area contributed by atoms with E-state index in [0.29, 0.717) is 29.5 Å². The van der Waals surface area contributed by atoms with E-state index >= 15 is 0 Å². The molecule has 0 spiro atoms. The van der Waals surface area contributed by atoms with Gasteiger partial charge in [0.15, 0.2) is 11.5 Å². The van der Waals surface area contributed by atoms with Crippen LogP contribution in [0, 0.1) is 0 Å². The molecular formula is C18H18N2O6. The number of carbonyl (C=O) groups excluding carboxylic acids is 2. The van der Waals surface area contributed by atoms with Crippen molar-refractivity contribution in [3.63, 3.8) is 0 Å². The predicted molar refractivity (Wildman–Crippen MR) is 92.5 cm³/mol. The Balaban J connectivity index is 1.48. The zero-order chi connectivity index (χ0) is 18.4. The number of anilines is 1. The second-order valence-corrected chi connectivity index (χ2v) is 5.30. The van der Waals surface area contributed by atoms with E-state index < -0.39 is 6.16 Å². The molecule has 0 aromatic heterocycles. The first-order chi connectivity index (χ1) is 12.6. The van der Waals surface area contributed by atoms with Crippen molar-refractivity contribution in [3.8, 4) is 17.2 Å². The molecule has 0 unspecified atom stereocenters. The fraction of sp³-hybridized carbons (Fsp3) is 0.222. The van der Waals surface area contributed by atoms with Crippen LogP contribution in [0.3, 0.4) is 0 Å². The number of rotatable bonds is 5.